The van der Waals surface area contributed by atoms with Gasteiger partial charge in [0.1, 0.15) is 12.1 Å². The number of aryl methyl sites for hydroxylation is 1. The van der Waals surface area contributed by atoms with Crippen LogP contribution in [0.1, 0.15) is 40.7 Å². The van der Waals surface area contributed by atoms with E-state index in [-0.39, 0.29) is 5.91 Å². The van der Waals surface area contributed by atoms with Crippen molar-refractivity contribution in [1.82, 2.24) is 15.3 Å². The van der Waals surface area contributed by atoms with Crippen LogP contribution in [0.4, 0.5) is 5.82 Å². The lowest BCUT2D eigenvalue weighted by molar-refractivity contribution is 0.0951. The lowest BCUT2D eigenvalue weighted by Crippen LogP contribution is -2.30. The Labute approximate surface area is 159 Å². The van der Waals surface area contributed by atoms with Crippen molar-refractivity contribution < 1.29 is 4.79 Å². The van der Waals surface area contributed by atoms with Gasteiger partial charge in [-0.15, -0.1) is 0 Å². The maximum atomic E-state index is 12.7. The normalized spacial score (nSPS) is 14.3. The summed E-state index contributed by atoms with van der Waals surface area (Å²) in [7, 11) is 0. The van der Waals surface area contributed by atoms with Gasteiger partial charge in [-0.05, 0) is 55.5 Å². The van der Waals surface area contributed by atoms with Crippen molar-refractivity contribution in [1.29, 1.82) is 0 Å². The molecular weight excluding hydrogens is 336 g/mol. The summed E-state index contributed by atoms with van der Waals surface area (Å²) >= 11 is 0. The number of carbonyl (C=O) groups excluding carboxylic acids is 1. The van der Waals surface area contributed by atoms with Gasteiger partial charge in [0.25, 0.3) is 5.91 Å². The van der Waals surface area contributed by atoms with Gasteiger partial charge in [-0.2, -0.15) is 0 Å². The number of aromatic nitrogens is 2. The molecule has 0 aliphatic carbocycles. The van der Waals surface area contributed by atoms with Crippen LogP contribution in [0.15, 0.2) is 48.8 Å². The second kappa shape index (κ2) is 7.74. The van der Waals surface area contributed by atoms with Crippen LogP contribution < -0.4 is 10.2 Å². The minimum atomic E-state index is -0.0754. The molecule has 2 heterocycles. The number of carbonyl (C=O) groups is 1. The van der Waals surface area contributed by atoms with E-state index in [9.17, 15) is 4.79 Å². The molecule has 1 aliphatic rings. The predicted molar refractivity (Wildman–Crippen MR) is 108 cm³/mol. The van der Waals surface area contributed by atoms with Gasteiger partial charge in [0.05, 0.1) is 5.52 Å². The van der Waals surface area contributed by atoms with Gasteiger partial charge < -0.3 is 10.2 Å². The Hall–Kier alpha value is -2.95. The van der Waals surface area contributed by atoms with Crippen molar-refractivity contribution in [2.75, 3.05) is 18.0 Å². The third-order valence-corrected chi connectivity index (χ3v) is 5.23. The number of benzene rings is 2. The summed E-state index contributed by atoms with van der Waals surface area (Å²) in [5.74, 6) is 0.863. The smallest absolute Gasteiger partial charge is 0.251 e. The zero-order chi connectivity index (χ0) is 18.6. The molecule has 27 heavy (non-hydrogen) atoms. The number of hydrogen-bond donors (Lipinski definition) is 1. The molecule has 5 nitrogen and oxygen atoms in total. The topological polar surface area (TPSA) is 58.1 Å². The van der Waals surface area contributed by atoms with E-state index in [1.165, 1.54) is 24.8 Å². The van der Waals surface area contributed by atoms with Crippen molar-refractivity contribution in [3.8, 4) is 0 Å². The van der Waals surface area contributed by atoms with Crippen LogP contribution in [-0.4, -0.2) is 29.0 Å². The molecule has 5 heteroatoms. The van der Waals surface area contributed by atoms with E-state index >= 15 is 0 Å². The number of nitrogens with zero attached hydrogens (tertiary/aromatic N) is 3. The number of hydrogen-bond acceptors (Lipinski definition) is 4. The molecule has 0 bridgehead atoms. The van der Waals surface area contributed by atoms with E-state index in [0.717, 1.165) is 35.4 Å². The Morgan fingerprint density at radius 3 is 2.70 bits per heavy atom. The molecule has 1 aliphatic heterocycles. The van der Waals surface area contributed by atoms with Crippen molar-refractivity contribution in [3.05, 3.63) is 65.5 Å². The maximum Gasteiger partial charge on any atom is 0.251 e. The first-order chi connectivity index (χ1) is 13.2. The van der Waals surface area contributed by atoms with E-state index in [0.29, 0.717) is 12.1 Å². The number of anilines is 1. The second-order valence-corrected chi connectivity index (χ2v) is 7.09. The highest BCUT2D eigenvalue weighted by molar-refractivity contribution is 6.00. The molecular formula is C22H24N4O. The second-order valence-electron chi connectivity index (χ2n) is 7.09. The highest BCUT2D eigenvalue weighted by atomic mass is 16.1. The third-order valence-electron chi connectivity index (χ3n) is 5.23. The molecule has 2 aromatic carbocycles. The molecule has 1 N–H and O–H groups in total. The zero-order valence-corrected chi connectivity index (χ0v) is 15.6. The Kier molecular flexibility index (Phi) is 5.01. The monoisotopic (exact) mass is 360 g/mol. The maximum absolute atomic E-state index is 12.7. The molecule has 1 fully saturated rings. The summed E-state index contributed by atoms with van der Waals surface area (Å²) in [6.07, 6.45) is 5.25. The highest BCUT2D eigenvalue weighted by Crippen LogP contribution is 2.26. The molecule has 4 rings (SSSR count). The first-order valence-corrected chi connectivity index (χ1v) is 9.55. The minimum Gasteiger partial charge on any atom is -0.356 e. The molecule has 1 aromatic heterocycles. The summed E-state index contributed by atoms with van der Waals surface area (Å²) in [5, 5.41) is 3.97. The predicted octanol–water partition coefficient (Wildman–Crippen LogP) is 3.86. The quantitative estimate of drug-likeness (QED) is 0.768. The standard InChI is InChI=1S/C22H24N4O/c1-16-7-3-4-8-18(16)14-23-22(27)17-9-10-20-19(13-17)21(25-15-24-20)26-11-5-2-6-12-26/h3-4,7-10,13,15H,2,5-6,11-12,14H2,1H3,(H,23,27). The summed E-state index contributed by atoms with van der Waals surface area (Å²) in [6, 6.07) is 13.8. The van der Waals surface area contributed by atoms with Gasteiger partial charge in [-0.3, -0.25) is 4.79 Å². The fourth-order valence-corrected chi connectivity index (χ4v) is 3.63. The Bertz CT molecular complexity index is 963. The zero-order valence-electron chi connectivity index (χ0n) is 15.6. The Morgan fingerprint density at radius 2 is 1.89 bits per heavy atom. The average Bonchev–Trinajstić information content (AvgIpc) is 2.73. The summed E-state index contributed by atoms with van der Waals surface area (Å²) in [6.45, 7) is 4.60. The highest BCUT2D eigenvalue weighted by Gasteiger charge is 2.16. The van der Waals surface area contributed by atoms with Crippen LogP contribution in [-0.2, 0) is 6.54 Å². The Morgan fingerprint density at radius 1 is 1.07 bits per heavy atom. The van der Waals surface area contributed by atoms with Gasteiger partial charge >= 0.3 is 0 Å². The molecule has 0 saturated carbocycles. The summed E-state index contributed by atoms with van der Waals surface area (Å²) < 4.78 is 0. The minimum absolute atomic E-state index is 0.0754. The van der Waals surface area contributed by atoms with Crippen molar-refractivity contribution >= 4 is 22.6 Å². The number of rotatable bonds is 4. The molecule has 1 amide bonds. The van der Waals surface area contributed by atoms with Crippen LogP contribution >= 0.6 is 0 Å². The first kappa shape index (κ1) is 17.5. The molecule has 0 unspecified atom stereocenters. The number of fused-ring (bicyclic) bond motifs is 1. The van der Waals surface area contributed by atoms with Gasteiger partial charge in [0.15, 0.2) is 0 Å². The van der Waals surface area contributed by atoms with Crippen LogP contribution in [0.5, 0.6) is 0 Å². The molecule has 0 radical (unpaired) electrons. The molecule has 1 saturated heterocycles. The van der Waals surface area contributed by atoms with E-state index in [2.05, 4.69) is 33.2 Å². The van der Waals surface area contributed by atoms with Crippen LogP contribution in [0, 0.1) is 6.92 Å². The number of nitrogens with one attached hydrogen (secondary N) is 1. The van der Waals surface area contributed by atoms with Gasteiger partial charge in [0, 0.05) is 30.6 Å². The Balaban J connectivity index is 1.58. The largest absolute Gasteiger partial charge is 0.356 e. The fraction of sp³-hybridized carbons (Fsp3) is 0.318. The van der Waals surface area contributed by atoms with Crippen molar-refractivity contribution in [3.63, 3.8) is 0 Å². The van der Waals surface area contributed by atoms with Crippen molar-refractivity contribution in [2.45, 2.75) is 32.7 Å². The lowest BCUT2D eigenvalue weighted by Gasteiger charge is -2.28. The molecule has 138 valence electrons. The SMILES string of the molecule is Cc1ccccc1CNC(=O)c1ccc2ncnc(N3CCCCC3)c2c1. The van der Waals surface area contributed by atoms with E-state index < -0.39 is 0 Å². The lowest BCUT2D eigenvalue weighted by atomic mass is 10.1. The summed E-state index contributed by atoms with van der Waals surface area (Å²) in [4.78, 5) is 23.9. The molecule has 3 aromatic rings. The van der Waals surface area contributed by atoms with Crippen LogP contribution in [0.2, 0.25) is 0 Å². The summed E-state index contributed by atoms with van der Waals surface area (Å²) in [5.41, 5.74) is 3.83. The van der Waals surface area contributed by atoms with E-state index in [1.54, 1.807) is 6.33 Å². The van der Waals surface area contributed by atoms with Crippen LogP contribution in [0.25, 0.3) is 10.9 Å². The van der Waals surface area contributed by atoms with Gasteiger partial charge in [-0.1, -0.05) is 24.3 Å². The van der Waals surface area contributed by atoms with Crippen LogP contribution in [0.3, 0.4) is 0 Å². The van der Waals surface area contributed by atoms with Gasteiger partial charge in [-0.25, -0.2) is 9.97 Å². The van der Waals surface area contributed by atoms with Crippen molar-refractivity contribution in [2.24, 2.45) is 0 Å². The molecule has 0 atom stereocenters. The number of amides is 1. The van der Waals surface area contributed by atoms with Gasteiger partial charge in [0.2, 0.25) is 0 Å². The number of piperidine rings is 1. The van der Waals surface area contributed by atoms with E-state index in [1.807, 2.05) is 36.4 Å². The van der Waals surface area contributed by atoms with E-state index in [4.69, 9.17) is 0 Å². The third kappa shape index (κ3) is 3.77. The average molecular weight is 360 g/mol. The fourth-order valence-electron chi connectivity index (χ4n) is 3.63. The first-order valence-electron chi connectivity index (χ1n) is 9.55. The molecule has 0 spiro atoms.